The summed E-state index contributed by atoms with van der Waals surface area (Å²) < 4.78 is 5.39. The first-order valence-electron chi connectivity index (χ1n) is 12.0. The molecule has 0 aromatic carbocycles. The summed E-state index contributed by atoms with van der Waals surface area (Å²) in [5.41, 5.74) is 0.864. The van der Waals surface area contributed by atoms with Gasteiger partial charge in [0.2, 0.25) is 0 Å². The van der Waals surface area contributed by atoms with Gasteiger partial charge in [-0.05, 0) is 50.0 Å². The van der Waals surface area contributed by atoms with Crippen molar-refractivity contribution in [3.8, 4) is 0 Å². The number of carboxylic acids is 2. The molecule has 4 aliphatic rings. The number of aliphatic carboxylic acids is 2. The Morgan fingerprint density at radius 2 is 1.91 bits per heavy atom. The van der Waals surface area contributed by atoms with Crippen molar-refractivity contribution >= 4 is 34.0 Å². The summed E-state index contributed by atoms with van der Waals surface area (Å²) in [6.07, 6.45) is 5.42. The number of rotatable bonds is 6. The zero-order chi connectivity index (χ0) is 24.3. The van der Waals surface area contributed by atoms with E-state index in [9.17, 15) is 19.8 Å². The molecule has 184 valence electrons. The number of anilines is 1. The number of aliphatic imine (C=N–C) groups is 1. The van der Waals surface area contributed by atoms with Crippen LogP contribution in [0, 0.1) is 10.8 Å². The molecule has 3 fully saturated rings. The van der Waals surface area contributed by atoms with Gasteiger partial charge in [0, 0.05) is 41.6 Å². The maximum Gasteiger partial charge on any atom is 0.336 e. The number of thiophene rings is 1. The quantitative estimate of drug-likeness (QED) is 0.524. The van der Waals surface area contributed by atoms with Crippen molar-refractivity contribution in [3.63, 3.8) is 0 Å². The van der Waals surface area contributed by atoms with Crippen molar-refractivity contribution in [2.24, 2.45) is 15.8 Å². The third-order valence-electron chi connectivity index (χ3n) is 7.85. The molecule has 0 radical (unpaired) electrons. The SMILES string of the molecule is CC1(C)CCC(c2cc3c(s2)NC(C)(C(=CC(=O)O)C(=O)O)N=C3CN2CC3(COC3)C2)CC1. The number of carbonyl (C=O) groups is 2. The summed E-state index contributed by atoms with van der Waals surface area (Å²) in [6.45, 7) is 10.4. The Balaban J connectivity index is 1.46. The smallest absolute Gasteiger partial charge is 0.336 e. The highest BCUT2D eigenvalue weighted by Crippen LogP contribution is 2.48. The van der Waals surface area contributed by atoms with E-state index in [0.717, 1.165) is 61.5 Å². The van der Waals surface area contributed by atoms with E-state index in [1.54, 1.807) is 18.3 Å². The van der Waals surface area contributed by atoms with Crippen LogP contribution in [0.4, 0.5) is 5.00 Å². The van der Waals surface area contributed by atoms with Gasteiger partial charge in [-0.15, -0.1) is 11.3 Å². The summed E-state index contributed by atoms with van der Waals surface area (Å²) in [7, 11) is 0. The molecule has 1 aromatic heterocycles. The Morgan fingerprint density at radius 3 is 2.47 bits per heavy atom. The van der Waals surface area contributed by atoms with Crippen molar-refractivity contribution in [1.82, 2.24) is 4.90 Å². The number of ether oxygens (including phenoxy) is 1. The van der Waals surface area contributed by atoms with Gasteiger partial charge in [0.05, 0.1) is 29.5 Å². The van der Waals surface area contributed by atoms with Gasteiger partial charge in [0.25, 0.3) is 0 Å². The molecular weight excluding hydrogens is 454 g/mol. The molecular formula is C25H33N3O5S. The number of hydrogen-bond acceptors (Lipinski definition) is 7. The summed E-state index contributed by atoms with van der Waals surface area (Å²) in [5, 5.41) is 23.3. The van der Waals surface area contributed by atoms with Gasteiger partial charge in [-0.2, -0.15) is 0 Å². The van der Waals surface area contributed by atoms with Gasteiger partial charge in [-0.3, -0.25) is 9.89 Å². The van der Waals surface area contributed by atoms with E-state index >= 15 is 0 Å². The van der Waals surface area contributed by atoms with E-state index in [4.69, 9.17) is 9.73 Å². The van der Waals surface area contributed by atoms with Gasteiger partial charge in [-0.25, -0.2) is 9.59 Å². The first kappa shape index (κ1) is 23.5. The van der Waals surface area contributed by atoms with E-state index in [1.165, 1.54) is 17.7 Å². The van der Waals surface area contributed by atoms with Crippen LogP contribution in [0.15, 0.2) is 22.7 Å². The van der Waals surface area contributed by atoms with Gasteiger partial charge in [-0.1, -0.05) is 13.8 Å². The molecule has 0 bridgehead atoms. The summed E-state index contributed by atoms with van der Waals surface area (Å²) in [6, 6.07) is 2.23. The molecule has 3 N–H and O–H groups in total. The second-order valence-corrected chi connectivity index (χ2v) is 12.5. The number of nitrogens with one attached hydrogen (secondary N) is 1. The molecule has 0 amide bonds. The van der Waals surface area contributed by atoms with Crippen molar-refractivity contribution in [1.29, 1.82) is 0 Å². The minimum atomic E-state index is -1.36. The van der Waals surface area contributed by atoms with Crippen LogP contribution in [0.1, 0.15) is 62.8 Å². The van der Waals surface area contributed by atoms with Gasteiger partial charge < -0.3 is 20.3 Å². The molecule has 34 heavy (non-hydrogen) atoms. The number of likely N-dealkylation sites (tertiary alicyclic amines) is 1. The Labute approximate surface area is 203 Å². The molecule has 1 spiro atoms. The summed E-state index contributed by atoms with van der Waals surface area (Å²) >= 11 is 1.67. The van der Waals surface area contributed by atoms with Crippen LogP contribution in [0.5, 0.6) is 0 Å². The fourth-order valence-corrected chi connectivity index (χ4v) is 7.11. The average molecular weight is 488 g/mol. The minimum Gasteiger partial charge on any atom is -0.478 e. The minimum absolute atomic E-state index is 0.268. The normalized spacial score (nSPS) is 28.3. The molecule has 8 nitrogen and oxygen atoms in total. The molecule has 1 atom stereocenters. The molecule has 3 aliphatic heterocycles. The Bertz CT molecular complexity index is 1070. The number of nitrogens with zero attached hydrogens (tertiary/aromatic N) is 2. The molecule has 9 heteroatoms. The third-order valence-corrected chi connectivity index (χ3v) is 9.06. The maximum absolute atomic E-state index is 12.0. The highest BCUT2D eigenvalue weighted by Gasteiger charge is 2.49. The second-order valence-electron chi connectivity index (χ2n) is 11.4. The van der Waals surface area contributed by atoms with Crippen LogP contribution < -0.4 is 5.32 Å². The van der Waals surface area contributed by atoms with Crippen molar-refractivity contribution in [2.75, 3.05) is 38.2 Å². The number of carboxylic acid groups (broad SMARTS) is 2. The topological polar surface area (TPSA) is 111 Å². The van der Waals surface area contributed by atoms with E-state index in [1.807, 2.05) is 0 Å². The molecule has 1 aliphatic carbocycles. The van der Waals surface area contributed by atoms with Crippen LogP contribution in [-0.4, -0.2) is 71.3 Å². The van der Waals surface area contributed by atoms with E-state index < -0.39 is 17.6 Å². The third kappa shape index (κ3) is 4.29. The lowest BCUT2D eigenvalue weighted by Gasteiger charge is -2.55. The lowest BCUT2D eigenvalue weighted by Crippen LogP contribution is -2.66. The zero-order valence-corrected chi connectivity index (χ0v) is 20.8. The fraction of sp³-hybridized carbons (Fsp3) is 0.640. The zero-order valence-electron chi connectivity index (χ0n) is 20.0. The molecule has 1 unspecified atom stereocenters. The highest BCUT2D eigenvalue weighted by molar-refractivity contribution is 7.16. The average Bonchev–Trinajstić information content (AvgIpc) is 3.10. The lowest BCUT2D eigenvalue weighted by atomic mass is 9.73. The molecule has 1 aromatic rings. The van der Waals surface area contributed by atoms with Crippen LogP contribution >= 0.6 is 11.3 Å². The maximum atomic E-state index is 12.0. The first-order chi connectivity index (χ1) is 16.0. The molecule has 2 saturated heterocycles. The van der Waals surface area contributed by atoms with Crippen molar-refractivity contribution in [3.05, 3.63) is 28.2 Å². The predicted molar refractivity (Wildman–Crippen MR) is 131 cm³/mol. The van der Waals surface area contributed by atoms with Crippen LogP contribution in [0.2, 0.25) is 0 Å². The largest absolute Gasteiger partial charge is 0.478 e. The fourth-order valence-electron chi connectivity index (χ4n) is 5.76. The van der Waals surface area contributed by atoms with Crippen LogP contribution in [-0.2, 0) is 14.3 Å². The van der Waals surface area contributed by atoms with E-state index in [-0.39, 0.29) is 11.0 Å². The number of fused-ring (bicyclic) bond motifs is 1. The molecule has 4 heterocycles. The Kier molecular flexibility index (Phi) is 5.65. The van der Waals surface area contributed by atoms with Gasteiger partial charge in [0.15, 0.2) is 5.66 Å². The standard InChI is InChI=1S/C25H33N3O5S/c1-23(2)6-4-15(5-7-23)19-8-16-18(10-28-11-25(12-28)13-33-14-25)26-24(3,27-21(16)34-19)17(22(31)32)9-20(29)30/h8-9,15,27H,4-7,10-14H2,1-3H3,(H,29,30)(H,31,32). The molecule has 1 saturated carbocycles. The summed E-state index contributed by atoms with van der Waals surface area (Å²) in [5.74, 6) is -2.09. The second kappa shape index (κ2) is 8.17. The van der Waals surface area contributed by atoms with Crippen LogP contribution in [0.25, 0.3) is 0 Å². The molecule has 5 rings (SSSR count). The highest BCUT2D eigenvalue weighted by atomic mass is 32.1. The monoisotopic (exact) mass is 487 g/mol. The first-order valence-corrected chi connectivity index (χ1v) is 12.8. The van der Waals surface area contributed by atoms with Crippen LogP contribution in [0.3, 0.4) is 0 Å². The van der Waals surface area contributed by atoms with Gasteiger partial charge in [0.1, 0.15) is 0 Å². The lowest BCUT2D eigenvalue weighted by molar-refractivity contribution is -0.185. The Hall–Kier alpha value is -2.23. The predicted octanol–water partition coefficient (Wildman–Crippen LogP) is 3.79. The van der Waals surface area contributed by atoms with Crippen molar-refractivity contribution in [2.45, 2.75) is 58.0 Å². The van der Waals surface area contributed by atoms with Crippen molar-refractivity contribution < 1.29 is 24.5 Å². The summed E-state index contributed by atoms with van der Waals surface area (Å²) in [4.78, 5) is 31.9. The Morgan fingerprint density at radius 1 is 1.24 bits per heavy atom. The van der Waals surface area contributed by atoms with E-state index in [0.29, 0.717) is 17.9 Å². The van der Waals surface area contributed by atoms with Gasteiger partial charge >= 0.3 is 11.9 Å². The number of hydrogen-bond donors (Lipinski definition) is 3. The van der Waals surface area contributed by atoms with E-state index in [2.05, 4.69) is 30.1 Å².